The molecule has 3 heterocycles. The molecule has 1 aliphatic heterocycles. The maximum Gasteiger partial charge on any atom is 0.335 e. The summed E-state index contributed by atoms with van der Waals surface area (Å²) in [5, 5.41) is 1.83. The van der Waals surface area contributed by atoms with Gasteiger partial charge in [-0.1, -0.05) is 6.07 Å². The molecule has 27 heavy (non-hydrogen) atoms. The molecule has 0 radical (unpaired) electrons. The molecular weight excluding hydrogens is 366 g/mol. The van der Waals surface area contributed by atoms with E-state index in [4.69, 9.17) is 0 Å². The van der Waals surface area contributed by atoms with Crippen LogP contribution in [0.1, 0.15) is 45.5 Å². The van der Waals surface area contributed by atoms with Gasteiger partial charge in [-0.2, -0.15) is 0 Å². The Labute approximate surface area is 160 Å². The molecule has 7 nitrogen and oxygen atoms in total. The van der Waals surface area contributed by atoms with Gasteiger partial charge in [0.2, 0.25) is 0 Å². The summed E-state index contributed by atoms with van der Waals surface area (Å²) in [4.78, 5) is 52.2. The van der Waals surface area contributed by atoms with Crippen molar-refractivity contribution in [2.24, 2.45) is 0 Å². The van der Waals surface area contributed by atoms with Crippen LogP contribution in [0.4, 0.5) is 4.79 Å². The van der Waals surface area contributed by atoms with Crippen molar-refractivity contribution in [2.45, 2.75) is 39.3 Å². The summed E-state index contributed by atoms with van der Waals surface area (Å²) in [5.74, 6) is -2.16. The highest BCUT2D eigenvalue weighted by molar-refractivity contribution is 7.09. The fourth-order valence-corrected chi connectivity index (χ4v) is 4.26. The minimum absolute atomic E-state index is 0.0436. The number of aryl methyl sites for hydroxylation is 1. The van der Waals surface area contributed by atoms with E-state index in [0.717, 1.165) is 38.9 Å². The predicted octanol–water partition coefficient (Wildman–Crippen LogP) is 2.68. The summed E-state index contributed by atoms with van der Waals surface area (Å²) in [6.45, 7) is 3.45. The number of thiophene rings is 1. The summed E-state index contributed by atoms with van der Waals surface area (Å²) in [6, 6.07) is 5.10. The van der Waals surface area contributed by atoms with E-state index in [-0.39, 0.29) is 12.3 Å². The van der Waals surface area contributed by atoms with Gasteiger partial charge in [0.05, 0.1) is 13.1 Å². The van der Waals surface area contributed by atoms with Gasteiger partial charge >= 0.3 is 17.8 Å². The molecule has 1 saturated heterocycles. The molecule has 2 fully saturated rings. The number of nitrogens with zero attached hydrogens (tertiary/aromatic N) is 3. The van der Waals surface area contributed by atoms with Crippen LogP contribution in [0, 0.1) is 13.8 Å². The summed E-state index contributed by atoms with van der Waals surface area (Å²) in [6.07, 6.45) is 2.19. The third-order valence-electron chi connectivity index (χ3n) is 5.03. The van der Waals surface area contributed by atoms with E-state index >= 15 is 0 Å². The van der Waals surface area contributed by atoms with Crippen LogP contribution in [-0.4, -0.2) is 44.5 Å². The maximum absolute atomic E-state index is 12.8. The number of aromatic nitrogens is 1. The van der Waals surface area contributed by atoms with Crippen molar-refractivity contribution in [1.82, 2.24) is 14.4 Å². The average Bonchev–Trinajstić information content (AvgIpc) is 3.18. The summed E-state index contributed by atoms with van der Waals surface area (Å²) in [7, 11) is 0. The third kappa shape index (κ3) is 2.99. The zero-order valence-corrected chi connectivity index (χ0v) is 15.9. The van der Waals surface area contributed by atoms with Crippen LogP contribution in [0.2, 0.25) is 0 Å². The summed E-state index contributed by atoms with van der Waals surface area (Å²) < 4.78 is 2.13. The lowest BCUT2D eigenvalue weighted by molar-refractivity contribution is -0.143. The van der Waals surface area contributed by atoms with Crippen LogP contribution in [-0.2, 0) is 16.1 Å². The fourth-order valence-electron chi connectivity index (χ4n) is 3.57. The highest BCUT2D eigenvalue weighted by Gasteiger charge is 2.45. The lowest BCUT2D eigenvalue weighted by atomic mass is 10.1. The Kier molecular flexibility index (Phi) is 4.22. The van der Waals surface area contributed by atoms with E-state index in [1.807, 2.05) is 25.3 Å². The normalized spacial score (nSPS) is 17.3. The average molecular weight is 385 g/mol. The van der Waals surface area contributed by atoms with Crippen molar-refractivity contribution in [3.63, 3.8) is 0 Å². The highest BCUT2D eigenvalue weighted by Crippen LogP contribution is 2.38. The predicted molar refractivity (Wildman–Crippen MR) is 98.5 cm³/mol. The third-order valence-corrected chi connectivity index (χ3v) is 5.89. The van der Waals surface area contributed by atoms with E-state index in [0.29, 0.717) is 11.6 Å². The molecule has 1 aliphatic carbocycles. The summed E-state index contributed by atoms with van der Waals surface area (Å²) >= 11 is 1.40. The van der Waals surface area contributed by atoms with Gasteiger partial charge in [0, 0.05) is 27.9 Å². The van der Waals surface area contributed by atoms with Crippen LogP contribution in [0.15, 0.2) is 23.6 Å². The van der Waals surface area contributed by atoms with Gasteiger partial charge in [-0.15, -0.1) is 11.3 Å². The van der Waals surface area contributed by atoms with Crippen LogP contribution in [0.3, 0.4) is 0 Å². The molecule has 0 N–H and O–H groups in total. The number of hydrogen-bond acceptors (Lipinski definition) is 5. The van der Waals surface area contributed by atoms with Crippen LogP contribution < -0.4 is 0 Å². The highest BCUT2D eigenvalue weighted by atomic mass is 32.1. The Bertz CT molecular complexity index is 956. The van der Waals surface area contributed by atoms with Crippen molar-refractivity contribution in [3.05, 3.63) is 45.4 Å². The molecule has 2 aliphatic rings. The van der Waals surface area contributed by atoms with Gasteiger partial charge in [-0.3, -0.25) is 19.3 Å². The van der Waals surface area contributed by atoms with Crippen molar-refractivity contribution < 1.29 is 19.2 Å². The number of rotatable bonds is 6. The van der Waals surface area contributed by atoms with Gasteiger partial charge < -0.3 is 4.57 Å². The molecular formula is C19H19N3O4S. The van der Waals surface area contributed by atoms with Crippen molar-refractivity contribution in [2.75, 3.05) is 6.54 Å². The van der Waals surface area contributed by atoms with E-state index in [1.54, 1.807) is 12.1 Å². The molecule has 8 heteroatoms. The standard InChI is InChI=1S/C19H19N3O4S/c1-11-8-15(12(2)22(11)13-5-6-13)16(23)10-21-18(25)17(24)20(19(21)26)9-14-4-3-7-27-14/h3-4,7-8,13H,5-6,9-10H2,1-2H3. The fraction of sp³-hybridized carbons (Fsp3) is 0.368. The largest absolute Gasteiger partial charge is 0.345 e. The first-order valence-corrected chi connectivity index (χ1v) is 9.67. The first-order valence-electron chi connectivity index (χ1n) is 8.79. The van der Waals surface area contributed by atoms with Gasteiger partial charge in [0.1, 0.15) is 0 Å². The molecule has 4 amide bonds. The SMILES string of the molecule is Cc1cc(C(=O)CN2C(=O)C(=O)N(Cc3cccs3)C2=O)c(C)n1C1CC1. The van der Waals surface area contributed by atoms with Crippen molar-refractivity contribution in [1.29, 1.82) is 0 Å². The van der Waals surface area contributed by atoms with Gasteiger partial charge in [0.15, 0.2) is 5.78 Å². The van der Waals surface area contributed by atoms with Crippen LogP contribution >= 0.6 is 11.3 Å². The van der Waals surface area contributed by atoms with E-state index in [1.165, 1.54) is 11.3 Å². The molecule has 0 atom stereocenters. The molecule has 140 valence electrons. The zero-order chi connectivity index (χ0) is 19.3. The zero-order valence-electron chi connectivity index (χ0n) is 15.1. The Morgan fingerprint density at radius 3 is 2.48 bits per heavy atom. The monoisotopic (exact) mass is 385 g/mol. The van der Waals surface area contributed by atoms with Crippen molar-refractivity contribution >= 4 is 35.0 Å². The number of Topliss-reactive ketones (excluding diaryl/α,β-unsaturated/α-hetero) is 1. The second-order valence-corrected chi connectivity index (χ2v) is 7.99. The first-order chi connectivity index (χ1) is 12.9. The number of ketones is 1. The second-order valence-electron chi connectivity index (χ2n) is 6.95. The number of hydrogen-bond donors (Lipinski definition) is 0. The maximum atomic E-state index is 12.8. The number of carbonyl (C=O) groups excluding carboxylic acids is 4. The van der Waals surface area contributed by atoms with Gasteiger partial charge in [0.25, 0.3) is 0 Å². The molecule has 4 rings (SSSR count). The Balaban J connectivity index is 1.53. The second kappa shape index (κ2) is 6.45. The quantitative estimate of drug-likeness (QED) is 0.435. The topological polar surface area (TPSA) is 79.7 Å². The smallest absolute Gasteiger partial charge is 0.335 e. The molecule has 0 unspecified atom stereocenters. The number of carbonyl (C=O) groups is 4. The van der Waals surface area contributed by atoms with Gasteiger partial charge in [-0.05, 0) is 44.2 Å². The molecule has 0 spiro atoms. The first kappa shape index (κ1) is 17.7. The van der Waals surface area contributed by atoms with E-state index in [2.05, 4.69) is 4.57 Å². The molecule has 2 aromatic heterocycles. The minimum Gasteiger partial charge on any atom is -0.345 e. The molecule has 2 aromatic rings. The minimum atomic E-state index is -0.944. The Morgan fingerprint density at radius 2 is 1.85 bits per heavy atom. The lowest BCUT2D eigenvalue weighted by Gasteiger charge is -2.14. The molecule has 0 aromatic carbocycles. The Hall–Kier alpha value is -2.74. The Morgan fingerprint density at radius 1 is 1.15 bits per heavy atom. The summed E-state index contributed by atoms with van der Waals surface area (Å²) in [5.41, 5.74) is 2.35. The lowest BCUT2D eigenvalue weighted by Crippen LogP contribution is -2.36. The van der Waals surface area contributed by atoms with Crippen LogP contribution in [0.25, 0.3) is 0 Å². The number of urea groups is 1. The number of imide groups is 2. The number of amides is 4. The van der Waals surface area contributed by atoms with E-state index in [9.17, 15) is 19.2 Å². The van der Waals surface area contributed by atoms with Gasteiger partial charge in [-0.25, -0.2) is 9.69 Å². The van der Waals surface area contributed by atoms with E-state index < -0.39 is 24.4 Å². The molecule has 0 bridgehead atoms. The van der Waals surface area contributed by atoms with Crippen LogP contribution in [0.5, 0.6) is 0 Å². The van der Waals surface area contributed by atoms with Crippen molar-refractivity contribution in [3.8, 4) is 0 Å². The molecule has 1 saturated carbocycles.